The molecule has 7 nitrogen and oxygen atoms in total. The van der Waals surface area contributed by atoms with Gasteiger partial charge in [0.15, 0.2) is 0 Å². The molecule has 0 amide bonds. The van der Waals surface area contributed by atoms with Gasteiger partial charge in [0.05, 0.1) is 15.9 Å². The Bertz CT molecular complexity index is 838. The molecule has 1 heterocycles. The van der Waals surface area contributed by atoms with Crippen LogP contribution in [0.15, 0.2) is 26.3 Å². The fourth-order valence-corrected chi connectivity index (χ4v) is 4.17. The van der Waals surface area contributed by atoms with Gasteiger partial charge in [0.2, 0.25) is 10.0 Å². The Morgan fingerprint density at radius 3 is 2.29 bits per heavy atom. The van der Waals surface area contributed by atoms with Crippen LogP contribution in [0, 0.1) is 0 Å². The summed E-state index contributed by atoms with van der Waals surface area (Å²) in [4.78, 5) is 12.0. The summed E-state index contributed by atoms with van der Waals surface area (Å²) in [7, 11) is 1.37. The van der Waals surface area contributed by atoms with Gasteiger partial charge in [0.25, 0.3) is 0 Å². The molecule has 2 rings (SSSR count). The van der Waals surface area contributed by atoms with Crippen molar-refractivity contribution in [3.63, 3.8) is 0 Å². The highest BCUT2D eigenvalue weighted by molar-refractivity contribution is 9.10. The molecule has 0 aliphatic heterocycles. The van der Waals surface area contributed by atoms with Crippen LogP contribution in [0.25, 0.3) is 11.0 Å². The maximum Gasteiger partial charge on any atom is 0.328 e. The van der Waals surface area contributed by atoms with E-state index in [0.717, 1.165) is 0 Å². The molecule has 0 bridgehead atoms. The van der Waals surface area contributed by atoms with Crippen molar-refractivity contribution in [1.82, 2.24) is 19.2 Å². The van der Waals surface area contributed by atoms with Gasteiger partial charge in [-0.25, -0.2) is 17.9 Å². The van der Waals surface area contributed by atoms with Gasteiger partial charge in [-0.3, -0.25) is 9.13 Å². The van der Waals surface area contributed by atoms with Crippen molar-refractivity contribution in [3.8, 4) is 0 Å². The molecule has 9 heteroatoms. The number of imidazole rings is 1. The van der Waals surface area contributed by atoms with Crippen LogP contribution in [-0.4, -0.2) is 37.7 Å². The van der Waals surface area contributed by atoms with Crippen LogP contribution < -0.4 is 15.7 Å². The maximum absolute atomic E-state index is 12.3. The average molecular weight is 377 g/mol. The lowest BCUT2D eigenvalue weighted by atomic mass is 10.3. The Hall–Kier alpha value is -1.16. The lowest BCUT2D eigenvalue weighted by Crippen LogP contribution is -2.30. The number of nitrogens with one attached hydrogen (secondary N) is 2. The van der Waals surface area contributed by atoms with Gasteiger partial charge < -0.3 is 5.32 Å². The second kappa shape index (κ2) is 5.91. The minimum absolute atomic E-state index is 0.118. The minimum atomic E-state index is -3.64. The largest absolute Gasteiger partial charge is 0.328 e. The van der Waals surface area contributed by atoms with Gasteiger partial charge in [0.1, 0.15) is 0 Å². The summed E-state index contributed by atoms with van der Waals surface area (Å²) in [5, 5.41) is 2.87. The lowest BCUT2D eigenvalue weighted by Gasteiger charge is -2.09. The Labute approximate surface area is 131 Å². The fraction of sp³-hybridized carbons (Fsp3) is 0.417. The third-order valence-corrected chi connectivity index (χ3v) is 5.70. The Balaban J connectivity index is 2.58. The van der Waals surface area contributed by atoms with E-state index in [2.05, 4.69) is 26.0 Å². The zero-order chi connectivity index (χ0) is 15.8. The zero-order valence-electron chi connectivity index (χ0n) is 12.0. The van der Waals surface area contributed by atoms with E-state index in [1.807, 2.05) is 0 Å². The number of halogens is 1. The van der Waals surface area contributed by atoms with E-state index >= 15 is 0 Å². The minimum Gasteiger partial charge on any atom is -0.318 e. The summed E-state index contributed by atoms with van der Waals surface area (Å²) in [6.45, 7) is 0.819. The summed E-state index contributed by atoms with van der Waals surface area (Å²) >= 11 is 3.27. The first-order valence-corrected chi connectivity index (χ1v) is 8.56. The second-order valence-electron chi connectivity index (χ2n) is 4.67. The zero-order valence-corrected chi connectivity index (χ0v) is 14.4. The number of benzene rings is 1. The third-order valence-electron chi connectivity index (χ3n) is 3.28. The predicted octanol–water partition coefficient (Wildman–Crippen LogP) is 0.137. The van der Waals surface area contributed by atoms with Gasteiger partial charge in [0, 0.05) is 31.7 Å². The van der Waals surface area contributed by atoms with Crippen LogP contribution in [0.2, 0.25) is 0 Å². The van der Waals surface area contributed by atoms with Gasteiger partial charge >= 0.3 is 5.69 Å². The summed E-state index contributed by atoms with van der Waals surface area (Å²) in [6.07, 6.45) is 0. The second-order valence-corrected chi connectivity index (χ2v) is 7.26. The van der Waals surface area contributed by atoms with Crippen molar-refractivity contribution < 1.29 is 8.42 Å². The van der Waals surface area contributed by atoms with Gasteiger partial charge in [-0.1, -0.05) is 0 Å². The molecule has 0 saturated carbocycles. The monoisotopic (exact) mass is 376 g/mol. The number of hydrogen-bond donors (Lipinski definition) is 2. The van der Waals surface area contributed by atoms with Crippen molar-refractivity contribution in [2.24, 2.45) is 14.1 Å². The van der Waals surface area contributed by atoms with E-state index in [0.29, 0.717) is 22.1 Å². The predicted molar refractivity (Wildman–Crippen MR) is 85.0 cm³/mol. The standard InChI is InChI=1S/C12H17BrN4O3S/c1-14-4-5-15-21(19,20)11-7-10-9(6-8(11)13)16(2)12(18)17(10)3/h6-7,14-15H,4-5H2,1-3H3. The van der Waals surface area contributed by atoms with E-state index in [4.69, 9.17) is 0 Å². The highest BCUT2D eigenvalue weighted by atomic mass is 79.9. The topological polar surface area (TPSA) is 85.1 Å². The molecular weight excluding hydrogens is 360 g/mol. The molecule has 0 saturated heterocycles. The molecule has 1 aromatic heterocycles. The number of rotatable bonds is 5. The molecule has 0 radical (unpaired) electrons. The summed E-state index contributed by atoms with van der Waals surface area (Å²) < 4.78 is 30.5. The summed E-state index contributed by atoms with van der Waals surface area (Å²) in [5.41, 5.74) is 1.04. The molecule has 2 aromatic rings. The Morgan fingerprint density at radius 1 is 1.14 bits per heavy atom. The van der Waals surface area contributed by atoms with E-state index in [9.17, 15) is 13.2 Å². The molecule has 116 valence electrons. The molecule has 0 fully saturated rings. The number of likely N-dealkylation sites (N-methyl/N-ethyl adjacent to an activating group) is 1. The van der Waals surface area contributed by atoms with E-state index in [1.54, 1.807) is 27.2 Å². The van der Waals surface area contributed by atoms with E-state index < -0.39 is 10.0 Å². The molecule has 1 aromatic carbocycles. The lowest BCUT2D eigenvalue weighted by molar-refractivity contribution is 0.579. The SMILES string of the molecule is CNCCNS(=O)(=O)c1cc2c(cc1Br)n(C)c(=O)n2C. The van der Waals surface area contributed by atoms with Gasteiger partial charge in [-0.2, -0.15) is 0 Å². The van der Waals surface area contributed by atoms with E-state index in [1.165, 1.54) is 15.2 Å². The number of sulfonamides is 1. The molecule has 0 unspecified atom stereocenters. The Morgan fingerprint density at radius 2 is 1.71 bits per heavy atom. The molecule has 2 N–H and O–H groups in total. The molecule has 21 heavy (non-hydrogen) atoms. The van der Waals surface area contributed by atoms with Gasteiger partial charge in [-0.15, -0.1) is 0 Å². The number of fused-ring (bicyclic) bond motifs is 1. The molecule has 0 aliphatic carbocycles. The first-order valence-electron chi connectivity index (χ1n) is 6.29. The summed E-state index contributed by atoms with van der Waals surface area (Å²) in [5.74, 6) is 0. The molecule has 0 atom stereocenters. The van der Waals surface area contributed by atoms with Crippen LogP contribution in [0.3, 0.4) is 0 Å². The maximum atomic E-state index is 12.3. The smallest absolute Gasteiger partial charge is 0.318 e. The Kier molecular flexibility index (Phi) is 4.57. The van der Waals surface area contributed by atoms with Crippen LogP contribution in [-0.2, 0) is 24.1 Å². The highest BCUT2D eigenvalue weighted by Gasteiger charge is 2.20. The van der Waals surface area contributed by atoms with Crippen molar-refractivity contribution >= 4 is 37.0 Å². The first-order chi connectivity index (χ1) is 9.79. The van der Waals surface area contributed by atoms with Crippen LogP contribution in [0.5, 0.6) is 0 Å². The number of aromatic nitrogens is 2. The van der Waals surface area contributed by atoms with Crippen LogP contribution in [0.4, 0.5) is 0 Å². The molecule has 0 spiro atoms. The van der Waals surface area contributed by atoms with Crippen molar-refractivity contribution in [2.75, 3.05) is 20.1 Å². The normalized spacial score (nSPS) is 12.2. The van der Waals surface area contributed by atoms with E-state index in [-0.39, 0.29) is 17.1 Å². The third kappa shape index (κ3) is 2.91. The molecule has 0 aliphatic rings. The van der Waals surface area contributed by atoms with Crippen LogP contribution in [0.1, 0.15) is 0 Å². The first kappa shape index (κ1) is 16.2. The van der Waals surface area contributed by atoms with Crippen molar-refractivity contribution in [2.45, 2.75) is 4.90 Å². The van der Waals surface area contributed by atoms with Crippen LogP contribution >= 0.6 is 15.9 Å². The van der Waals surface area contributed by atoms with Gasteiger partial charge in [-0.05, 0) is 35.1 Å². The summed E-state index contributed by atoms with van der Waals surface area (Å²) in [6, 6.07) is 3.14. The fourth-order valence-electron chi connectivity index (χ4n) is 2.09. The van der Waals surface area contributed by atoms with Crippen molar-refractivity contribution in [3.05, 3.63) is 27.1 Å². The number of hydrogen-bond acceptors (Lipinski definition) is 4. The quantitative estimate of drug-likeness (QED) is 0.726. The number of aryl methyl sites for hydroxylation is 2. The number of nitrogens with zero attached hydrogens (tertiary/aromatic N) is 2. The molecular formula is C12H17BrN4O3S. The highest BCUT2D eigenvalue weighted by Crippen LogP contribution is 2.27. The van der Waals surface area contributed by atoms with Crippen molar-refractivity contribution in [1.29, 1.82) is 0 Å². The average Bonchev–Trinajstić information content (AvgIpc) is 2.63.